The Morgan fingerprint density at radius 1 is 0.304 bits per heavy atom. The highest BCUT2D eigenvalue weighted by molar-refractivity contribution is 6.20. The van der Waals surface area contributed by atoms with Crippen LogP contribution in [0.1, 0.15) is 49.9 Å². The smallest absolute Gasteiger partial charge is 0.136 e. The van der Waals surface area contributed by atoms with Gasteiger partial charge in [-0.05, 0) is 152 Å². The SMILES string of the molecule is CC1(C)c2ccccc2-c2cc3c4cc(-c5cccc6oc7ccc(-c8cccc9c8c8cc%10c(cc8n9-c8ccccc8)C(C)(C)c8ccccc8-%10)cc7c56)ccc4n(-c4ccccc4)c3cc21. The van der Waals surface area contributed by atoms with Gasteiger partial charge in [0.1, 0.15) is 11.2 Å². The molecule has 13 aromatic rings. The number of rotatable bonds is 4. The number of furan rings is 1. The third kappa shape index (κ3) is 5.17. The van der Waals surface area contributed by atoms with Crippen molar-refractivity contribution >= 4 is 65.6 Å². The van der Waals surface area contributed by atoms with Crippen molar-refractivity contribution in [2.75, 3.05) is 0 Å². The van der Waals surface area contributed by atoms with E-state index in [-0.39, 0.29) is 10.8 Å². The summed E-state index contributed by atoms with van der Waals surface area (Å²) in [6.07, 6.45) is 0. The number of hydrogen-bond acceptors (Lipinski definition) is 1. The van der Waals surface area contributed by atoms with Crippen LogP contribution in [-0.2, 0) is 10.8 Å². The first-order valence-electron chi connectivity index (χ1n) is 24.2. The Hall–Kier alpha value is -8.40. The van der Waals surface area contributed by atoms with E-state index in [1.54, 1.807) is 0 Å². The summed E-state index contributed by atoms with van der Waals surface area (Å²) in [7, 11) is 0. The number of hydrogen-bond donors (Lipinski definition) is 0. The molecule has 0 fully saturated rings. The molecular formula is C66H46N2O. The van der Waals surface area contributed by atoms with Gasteiger partial charge in [-0.2, -0.15) is 0 Å². The van der Waals surface area contributed by atoms with Gasteiger partial charge in [0.05, 0.1) is 22.1 Å². The highest BCUT2D eigenvalue weighted by Crippen LogP contribution is 2.54. The van der Waals surface area contributed by atoms with Crippen LogP contribution in [0.3, 0.4) is 0 Å². The molecule has 3 heteroatoms. The van der Waals surface area contributed by atoms with Gasteiger partial charge >= 0.3 is 0 Å². The first kappa shape index (κ1) is 38.7. The maximum Gasteiger partial charge on any atom is 0.136 e. The molecule has 0 bridgehead atoms. The Balaban J connectivity index is 0.955. The average molecular weight is 883 g/mol. The lowest BCUT2D eigenvalue weighted by molar-refractivity contribution is 0.661. The van der Waals surface area contributed by atoms with Crippen molar-refractivity contribution < 1.29 is 4.42 Å². The molecule has 10 aromatic carbocycles. The molecule has 3 aromatic heterocycles. The van der Waals surface area contributed by atoms with Crippen molar-refractivity contribution in [1.82, 2.24) is 9.13 Å². The summed E-state index contributed by atoms with van der Waals surface area (Å²) in [6, 6.07) is 76.7. The van der Waals surface area contributed by atoms with E-state index < -0.39 is 0 Å². The zero-order chi connectivity index (χ0) is 45.9. The zero-order valence-electron chi connectivity index (χ0n) is 38.9. The summed E-state index contributed by atoms with van der Waals surface area (Å²) in [4.78, 5) is 0. The normalized spacial score (nSPS) is 14.3. The molecule has 2 aliphatic rings. The fourth-order valence-electron chi connectivity index (χ4n) is 12.8. The number of aromatic nitrogens is 2. The molecule has 326 valence electrons. The second-order valence-corrected chi connectivity index (χ2v) is 20.4. The van der Waals surface area contributed by atoms with Crippen LogP contribution in [0.25, 0.3) is 121 Å². The quantitative estimate of drug-likeness (QED) is 0.173. The third-order valence-corrected chi connectivity index (χ3v) is 16.1. The second kappa shape index (κ2) is 13.6. The van der Waals surface area contributed by atoms with E-state index in [1.165, 1.54) is 99.2 Å². The highest BCUT2D eigenvalue weighted by atomic mass is 16.3. The molecule has 2 aliphatic carbocycles. The van der Waals surface area contributed by atoms with Gasteiger partial charge in [0.15, 0.2) is 0 Å². The van der Waals surface area contributed by atoms with Crippen molar-refractivity contribution in [1.29, 1.82) is 0 Å². The van der Waals surface area contributed by atoms with Crippen molar-refractivity contribution in [2.45, 2.75) is 38.5 Å². The standard InChI is InChI=1S/C66H46N2O/c1-65(2)53-25-13-11-21-45(53)47-35-50-49-33-39(29-31-57(49)67(59(50)37-55(47)65)41-17-7-5-8-18-41)44-24-16-28-62-64(44)52-34-40(30-32-61(52)69-62)43-23-15-27-58-63(43)51-36-48-46-22-12-14-26-54(46)66(3,4)56(48)38-60(51)68(58)42-19-9-6-10-20-42/h5-38H,1-4H3. The Morgan fingerprint density at radius 3 is 1.45 bits per heavy atom. The van der Waals surface area contributed by atoms with Gasteiger partial charge in [0.25, 0.3) is 0 Å². The Morgan fingerprint density at radius 2 is 0.797 bits per heavy atom. The van der Waals surface area contributed by atoms with Crippen LogP contribution >= 0.6 is 0 Å². The first-order chi connectivity index (χ1) is 33.7. The van der Waals surface area contributed by atoms with Crippen LogP contribution in [0.2, 0.25) is 0 Å². The fraction of sp³-hybridized carbons (Fsp3) is 0.0909. The maximum absolute atomic E-state index is 6.74. The number of para-hydroxylation sites is 2. The second-order valence-electron chi connectivity index (χ2n) is 20.4. The summed E-state index contributed by atoms with van der Waals surface area (Å²) < 4.78 is 11.7. The van der Waals surface area contributed by atoms with Crippen LogP contribution in [0, 0.1) is 0 Å². The molecule has 0 aliphatic heterocycles. The van der Waals surface area contributed by atoms with E-state index in [2.05, 4.69) is 243 Å². The molecule has 0 N–H and O–H groups in total. The zero-order valence-corrected chi connectivity index (χ0v) is 38.9. The minimum atomic E-state index is -0.112. The molecule has 0 spiro atoms. The van der Waals surface area contributed by atoms with Gasteiger partial charge in [0.2, 0.25) is 0 Å². The summed E-state index contributed by atoms with van der Waals surface area (Å²) in [5.41, 5.74) is 24.3. The van der Waals surface area contributed by atoms with Gasteiger partial charge in [-0.1, -0.05) is 149 Å². The Kier molecular flexibility index (Phi) is 7.63. The Bertz CT molecular complexity index is 4350. The van der Waals surface area contributed by atoms with Crippen molar-refractivity contribution in [2.24, 2.45) is 0 Å². The lowest BCUT2D eigenvalue weighted by Crippen LogP contribution is -2.14. The van der Waals surface area contributed by atoms with E-state index in [9.17, 15) is 0 Å². The van der Waals surface area contributed by atoms with Gasteiger partial charge in [-0.3, -0.25) is 0 Å². The van der Waals surface area contributed by atoms with Gasteiger partial charge < -0.3 is 13.6 Å². The molecule has 3 heterocycles. The van der Waals surface area contributed by atoms with Crippen LogP contribution in [0.5, 0.6) is 0 Å². The highest BCUT2D eigenvalue weighted by Gasteiger charge is 2.38. The van der Waals surface area contributed by atoms with E-state index >= 15 is 0 Å². The predicted octanol–water partition coefficient (Wildman–Crippen LogP) is 17.7. The van der Waals surface area contributed by atoms with Crippen molar-refractivity contribution in [3.05, 3.63) is 229 Å². The molecule has 0 atom stereocenters. The van der Waals surface area contributed by atoms with E-state index in [1.807, 2.05) is 0 Å². The monoisotopic (exact) mass is 882 g/mol. The molecule has 3 nitrogen and oxygen atoms in total. The minimum absolute atomic E-state index is 0.103. The lowest BCUT2D eigenvalue weighted by atomic mass is 9.82. The summed E-state index contributed by atoms with van der Waals surface area (Å²) in [6.45, 7) is 9.48. The minimum Gasteiger partial charge on any atom is -0.456 e. The average Bonchev–Trinajstić information content (AvgIpc) is 4.14. The molecule has 0 radical (unpaired) electrons. The van der Waals surface area contributed by atoms with E-state index in [0.29, 0.717) is 0 Å². The Labute approximate surface area is 400 Å². The molecule has 0 saturated heterocycles. The molecule has 15 rings (SSSR count). The van der Waals surface area contributed by atoms with E-state index in [0.717, 1.165) is 44.4 Å². The molecule has 69 heavy (non-hydrogen) atoms. The lowest BCUT2D eigenvalue weighted by Gasteiger charge is -2.21. The molecule has 0 saturated carbocycles. The van der Waals surface area contributed by atoms with Crippen LogP contribution < -0.4 is 0 Å². The first-order valence-corrected chi connectivity index (χ1v) is 24.2. The maximum atomic E-state index is 6.74. The van der Waals surface area contributed by atoms with Crippen molar-refractivity contribution in [3.8, 4) is 55.9 Å². The predicted molar refractivity (Wildman–Crippen MR) is 288 cm³/mol. The summed E-state index contributed by atoms with van der Waals surface area (Å²) in [5.74, 6) is 0. The fourth-order valence-corrected chi connectivity index (χ4v) is 12.8. The number of benzene rings is 10. The van der Waals surface area contributed by atoms with Crippen LogP contribution in [0.15, 0.2) is 211 Å². The van der Waals surface area contributed by atoms with Gasteiger partial charge in [-0.15, -0.1) is 0 Å². The van der Waals surface area contributed by atoms with E-state index in [4.69, 9.17) is 4.42 Å². The van der Waals surface area contributed by atoms with Crippen LogP contribution in [0.4, 0.5) is 0 Å². The number of nitrogens with zero attached hydrogens (tertiary/aromatic N) is 2. The van der Waals surface area contributed by atoms with Crippen LogP contribution in [-0.4, -0.2) is 9.13 Å². The van der Waals surface area contributed by atoms with Gasteiger partial charge in [-0.25, -0.2) is 0 Å². The largest absolute Gasteiger partial charge is 0.456 e. The van der Waals surface area contributed by atoms with Crippen molar-refractivity contribution in [3.63, 3.8) is 0 Å². The molecular weight excluding hydrogens is 837 g/mol. The molecule has 0 amide bonds. The molecule has 0 unspecified atom stereocenters. The van der Waals surface area contributed by atoms with Gasteiger partial charge in [0, 0.05) is 54.5 Å². The summed E-state index contributed by atoms with van der Waals surface area (Å²) >= 11 is 0. The topological polar surface area (TPSA) is 23.0 Å². The summed E-state index contributed by atoms with van der Waals surface area (Å²) in [5, 5.41) is 7.25. The third-order valence-electron chi connectivity index (χ3n) is 16.1. The number of fused-ring (bicyclic) bond motifs is 15.